The van der Waals surface area contributed by atoms with E-state index in [1.165, 1.54) is 35.2 Å². The summed E-state index contributed by atoms with van der Waals surface area (Å²) in [4.78, 5) is 0.149. The second-order valence-corrected chi connectivity index (χ2v) is 8.95. The molecule has 0 radical (unpaired) electrons. The van der Waals surface area contributed by atoms with Crippen LogP contribution in [0.1, 0.15) is 6.42 Å². The third-order valence-corrected chi connectivity index (χ3v) is 6.68. The summed E-state index contributed by atoms with van der Waals surface area (Å²) in [6, 6.07) is 4.89. The minimum Gasteiger partial charge on any atom is -0.357 e. The topological polar surface area (TPSA) is 72.0 Å². The van der Waals surface area contributed by atoms with Gasteiger partial charge in [-0.3, -0.25) is 0 Å². The van der Waals surface area contributed by atoms with Gasteiger partial charge in [0, 0.05) is 12.3 Å². The fourth-order valence-electron chi connectivity index (χ4n) is 1.67. The molecule has 23 heavy (non-hydrogen) atoms. The molecule has 124 valence electrons. The average molecular weight is 374 g/mol. The Balaban J connectivity index is 1.79. The molecule has 1 N–H and O–H groups in total. The van der Waals surface area contributed by atoms with Crippen LogP contribution in [0.3, 0.4) is 0 Å². The van der Waals surface area contributed by atoms with Crippen LogP contribution in [0, 0.1) is 5.82 Å². The lowest BCUT2D eigenvalue weighted by molar-refractivity contribution is 0.593. The van der Waals surface area contributed by atoms with Gasteiger partial charge in [-0.25, -0.2) is 12.8 Å². The van der Waals surface area contributed by atoms with E-state index in [1.54, 1.807) is 6.08 Å². The van der Waals surface area contributed by atoms with Crippen LogP contribution < -0.4 is 5.32 Å². The molecular formula is C14H16FN3O2S3. The van der Waals surface area contributed by atoms with E-state index in [9.17, 15) is 12.8 Å². The van der Waals surface area contributed by atoms with E-state index < -0.39 is 15.7 Å². The van der Waals surface area contributed by atoms with Crippen molar-refractivity contribution in [2.24, 2.45) is 0 Å². The summed E-state index contributed by atoms with van der Waals surface area (Å²) in [6.07, 6.45) is 2.22. The summed E-state index contributed by atoms with van der Waals surface area (Å²) < 4.78 is 37.8. The van der Waals surface area contributed by atoms with Crippen LogP contribution in [-0.2, 0) is 9.84 Å². The molecule has 1 aromatic heterocycles. The minimum atomic E-state index is -3.37. The van der Waals surface area contributed by atoms with Crippen LogP contribution in [0.4, 0.5) is 9.52 Å². The summed E-state index contributed by atoms with van der Waals surface area (Å²) >= 11 is 2.89. The van der Waals surface area contributed by atoms with Crippen LogP contribution in [-0.4, -0.2) is 36.7 Å². The van der Waals surface area contributed by atoms with Crippen molar-refractivity contribution in [3.8, 4) is 0 Å². The summed E-state index contributed by atoms with van der Waals surface area (Å²) in [5, 5.41) is 11.7. The van der Waals surface area contributed by atoms with Crippen molar-refractivity contribution in [2.75, 3.05) is 23.4 Å². The van der Waals surface area contributed by atoms with Crippen molar-refractivity contribution in [3.63, 3.8) is 0 Å². The number of halogens is 1. The number of hydrogen-bond donors (Lipinski definition) is 1. The van der Waals surface area contributed by atoms with Gasteiger partial charge in [0.2, 0.25) is 5.13 Å². The molecule has 9 heteroatoms. The largest absolute Gasteiger partial charge is 0.357 e. The van der Waals surface area contributed by atoms with Crippen molar-refractivity contribution in [1.29, 1.82) is 0 Å². The second-order valence-electron chi connectivity index (χ2n) is 4.52. The third-order valence-electron chi connectivity index (χ3n) is 2.76. The summed E-state index contributed by atoms with van der Waals surface area (Å²) in [6.45, 7) is 4.23. The van der Waals surface area contributed by atoms with Gasteiger partial charge in [-0.1, -0.05) is 29.2 Å². The number of nitrogens with one attached hydrogen (secondary N) is 1. The predicted molar refractivity (Wildman–Crippen MR) is 92.4 cm³/mol. The lowest BCUT2D eigenvalue weighted by Crippen LogP contribution is -2.07. The lowest BCUT2D eigenvalue weighted by atomic mass is 10.4. The SMILES string of the molecule is C=CCNc1nnc(SCCCS(=O)(=O)c2ccc(F)cc2)s1. The standard InChI is InChI=1S/C14H16FN3O2S3/c1-2-8-16-13-17-18-14(22-13)21-9-3-10-23(19,20)12-6-4-11(15)5-7-12/h2,4-7H,1,3,8-10H2,(H,16,17). The summed E-state index contributed by atoms with van der Waals surface area (Å²) in [5.41, 5.74) is 0. The number of rotatable bonds is 9. The molecule has 0 aliphatic carbocycles. The highest BCUT2D eigenvalue weighted by Crippen LogP contribution is 2.26. The average Bonchev–Trinajstić information content (AvgIpc) is 2.98. The normalized spacial score (nSPS) is 11.3. The Morgan fingerprint density at radius 3 is 2.74 bits per heavy atom. The van der Waals surface area contributed by atoms with E-state index in [1.807, 2.05) is 0 Å². The van der Waals surface area contributed by atoms with Crippen molar-refractivity contribution in [3.05, 3.63) is 42.7 Å². The van der Waals surface area contributed by atoms with Gasteiger partial charge < -0.3 is 5.32 Å². The summed E-state index contributed by atoms with van der Waals surface area (Å²) in [5.74, 6) is 0.194. The number of sulfone groups is 1. The van der Waals surface area contributed by atoms with Gasteiger partial charge in [-0.05, 0) is 30.7 Å². The summed E-state index contributed by atoms with van der Waals surface area (Å²) in [7, 11) is -3.37. The number of thioether (sulfide) groups is 1. The van der Waals surface area contributed by atoms with Crippen LogP contribution >= 0.6 is 23.1 Å². The molecule has 0 aliphatic heterocycles. The monoisotopic (exact) mass is 373 g/mol. The molecule has 5 nitrogen and oxygen atoms in total. The zero-order valence-corrected chi connectivity index (χ0v) is 14.7. The Kier molecular flexibility index (Phi) is 6.55. The molecular weight excluding hydrogens is 357 g/mol. The van der Waals surface area contributed by atoms with E-state index in [0.717, 1.165) is 16.5 Å². The first-order chi connectivity index (χ1) is 11.0. The fourth-order valence-corrected chi connectivity index (χ4v) is 4.93. The van der Waals surface area contributed by atoms with Crippen molar-refractivity contribution in [1.82, 2.24) is 10.2 Å². The Hall–Kier alpha value is -1.45. The quantitative estimate of drug-likeness (QED) is 0.315. The molecule has 1 heterocycles. The van der Waals surface area contributed by atoms with Crippen molar-refractivity contribution in [2.45, 2.75) is 15.7 Å². The van der Waals surface area contributed by atoms with Gasteiger partial charge in [-0.2, -0.15) is 0 Å². The number of aromatic nitrogens is 2. The highest BCUT2D eigenvalue weighted by Gasteiger charge is 2.14. The Morgan fingerprint density at radius 1 is 1.30 bits per heavy atom. The van der Waals surface area contributed by atoms with Crippen molar-refractivity contribution < 1.29 is 12.8 Å². The zero-order chi connectivity index (χ0) is 16.7. The first-order valence-electron chi connectivity index (χ1n) is 6.80. The Bertz CT molecular complexity index is 745. The van der Waals surface area contributed by atoms with E-state index in [4.69, 9.17) is 0 Å². The van der Waals surface area contributed by atoms with Gasteiger partial charge in [-0.15, -0.1) is 16.8 Å². The van der Waals surface area contributed by atoms with Crippen LogP contribution in [0.25, 0.3) is 0 Å². The maximum Gasteiger partial charge on any atom is 0.206 e. The number of hydrogen-bond acceptors (Lipinski definition) is 7. The molecule has 0 saturated heterocycles. The molecule has 0 unspecified atom stereocenters. The number of anilines is 1. The lowest BCUT2D eigenvalue weighted by Gasteiger charge is -2.03. The molecule has 0 atom stereocenters. The van der Waals surface area contributed by atoms with Gasteiger partial charge >= 0.3 is 0 Å². The highest BCUT2D eigenvalue weighted by atomic mass is 32.2. The van der Waals surface area contributed by atoms with E-state index in [-0.39, 0.29) is 10.6 Å². The molecule has 0 amide bonds. The number of benzene rings is 1. The Morgan fingerprint density at radius 2 is 2.04 bits per heavy atom. The molecule has 2 aromatic rings. The van der Waals surface area contributed by atoms with Crippen LogP contribution in [0.5, 0.6) is 0 Å². The number of nitrogens with zero attached hydrogens (tertiary/aromatic N) is 2. The van der Waals surface area contributed by atoms with Crippen LogP contribution in [0.2, 0.25) is 0 Å². The maximum atomic E-state index is 12.8. The van der Waals surface area contributed by atoms with E-state index >= 15 is 0 Å². The zero-order valence-electron chi connectivity index (χ0n) is 12.2. The predicted octanol–water partition coefficient (Wildman–Crippen LogP) is 3.23. The molecule has 1 aromatic carbocycles. The second kappa shape index (κ2) is 8.42. The van der Waals surface area contributed by atoms with Crippen LogP contribution in [0.15, 0.2) is 46.2 Å². The fraction of sp³-hybridized carbons (Fsp3) is 0.286. The molecule has 0 bridgehead atoms. The minimum absolute atomic E-state index is 0.0198. The first kappa shape index (κ1) is 17.9. The van der Waals surface area contributed by atoms with Gasteiger partial charge in [0.25, 0.3) is 0 Å². The van der Waals surface area contributed by atoms with E-state index in [2.05, 4.69) is 22.1 Å². The van der Waals surface area contributed by atoms with Gasteiger partial charge in [0.1, 0.15) is 5.82 Å². The smallest absolute Gasteiger partial charge is 0.206 e. The molecule has 0 spiro atoms. The maximum absolute atomic E-state index is 12.8. The molecule has 0 aliphatic rings. The van der Waals surface area contributed by atoms with E-state index in [0.29, 0.717) is 23.8 Å². The van der Waals surface area contributed by atoms with Gasteiger partial charge in [0.05, 0.1) is 10.6 Å². The van der Waals surface area contributed by atoms with Gasteiger partial charge in [0.15, 0.2) is 14.2 Å². The Labute approximate surface area is 143 Å². The third kappa shape index (κ3) is 5.60. The molecule has 0 fully saturated rings. The first-order valence-corrected chi connectivity index (χ1v) is 10.3. The van der Waals surface area contributed by atoms with Crippen molar-refractivity contribution >= 4 is 38.1 Å². The molecule has 0 saturated carbocycles. The highest BCUT2D eigenvalue weighted by molar-refractivity contribution is 8.01. The molecule has 2 rings (SSSR count).